The monoisotopic (exact) mass is 304 g/mol. The number of amides is 1. The van der Waals surface area contributed by atoms with Crippen molar-refractivity contribution in [2.75, 3.05) is 19.6 Å². The number of aryl methyl sites for hydroxylation is 2. The Labute approximate surface area is 133 Å². The van der Waals surface area contributed by atoms with Crippen LogP contribution in [0.4, 0.5) is 0 Å². The van der Waals surface area contributed by atoms with Crippen LogP contribution in [-0.4, -0.2) is 46.0 Å². The first-order valence-electron chi connectivity index (χ1n) is 8.65. The van der Waals surface area contributed by atoms with Crippen molar-refractivity contribution in [3.05, 3.63) is 17.7 Å². The third-order valence-electron chi connectivity index (χ3n) is 5.28. The lowest BCUT2D eigenvalue weighted by Gasteiger charge is -2.36. The largest absolute Gasteiger partial charge is 0.350 e. The lowest BCUT2D eigenvalue weighted by molar-refractivity contribution is 0.0905. The summed E-state index contributed by atoms with van der Waals surface area (Å²) in [5.41, 5.74) is 1.49. The lowest BCUT2D eigenvalue weighted by Crippen LogP contribution is -2.45. The molecule has 0 radical (unpaired) electrons. The fourth-order valence-electron chi connectivity index (χ4n) is 4.06. The number of imidazole rings is 1. The van der Waals surface area contributed by atoms with Gasteiger partial charge in [-0.05, 0) is 45.1 Å². The highest BCUT2D eigenvalue weighted by molar-refractivity contribution is 5.93. The summed E-state index contributed by atoms with van der Waals surface area (Å²) < 4.78 is 1.80. The highest BCUT2D eigenvalue weighted by atomic mass is 16.2. The van der Waals surface area contributed by atoms with Crippen molar-refractivity contribution >= 4 is 5.91 Å². The van der Waals surface area contributed by atoms with E-state index in [4.69, 9.17) is 0 Å². The van der Waals surface area contributed by atoms with Crippen LogP contribution in [-0.2, 0) is 7.05 Å². The van der Waals surface area contributed by atoms with Crippen LogP contribution in [0.5, 0.6) is 0 Å². The molecule has 0 spiro atoms. The third-order valence-corrected chi connectivity index (χ3v) is 5.28. The summed E-state index contributed by atoms with van der Waals surface area (Å²) in [6.07, 6.45) is 9.72. The van der Waals surface area contributed by atoms with Crippen LogP contribution in [0.2, 0.25) is 0 Å². The van der Waals surface area contributed by atoms with Gasteiger partial charge in [0, 0.05) is 26.2 Å². The van der Waals surface area contributed by atoms with Gasteiger partial charge in [0.1, 0.15) is 5.69 Å². The van der Waals surface area contributed by atoms with Crippen molar-refractivity contribution in [3.8, 4) is 0 Å². The van der Waals surface area contributed by atoms with E-state index in [2.05, 4.69) is 15.2 Å². The second-order valence-electron chi connectivity index (χ2n) is 6.94. The molecule has 22 heavy (non-hydrogen) atoms. The Morgan fingerprint density at radius 2 is 2.09 bits per heavy atom. The Balaban J connectivity index is 1.51. The zero-order valence-electron chi connectivity index (χ0n) is 13.8. The second-order valence-corrected chi connectivity index (χ2v) is 6.94. The van der Waals surface area contributed by atoms with Gasteiger partial charge >= 0.3 is 0 Å². The Bertz CT molecular complexity index is 499. The summed E-state index contributed by atoms with van der Waals surface area (Å²) in [5.74, 6) is 0.599. The topological polar surface area (TPSA) is 50.2 Å². The van der Waals surface area contributed by atoms with Gasteiger partial charge in [-0.15, -0.1) is 0 Å². The molecule has 1 amide bonds. The quantitative estimate of drug-likeness (QED) is 0.927. The SMILES string of the molecule is Cc1ncn(C)c1C(=O)NC[C@H]1CCCN(C2CCCC2)C1. The maximum atomic E-state index is 12.3. The minimum absolute atomic E-state index is 0.00971. The number of nitrogens with one attached hydrogen (secondary N) is 1. The van der Waals surface area contributed by atoms with E-state index in [9.17, 15) is 4.79 Å². The van der Waals surface area contributed by atoms with E-state index in [1.807, 2.05) is 14.0 Å². The molecule has 1 atom stereocenters. The molecule has 2 fully saturated rings. The minimum atomic E-state index is 0.00971. The standard InChI is InChI=1S/C17H28N4O/c1-13-16(20(2)12-19-13)17(22)18-10-14-6-5-9-21(11-14)15-7-3-4-8-15/h12,14-15H,3-11H2,1-2H3,(H,18,22)/t14-/m1/s1. The molecule has 5 heteroatoms. The summed E-state index contributed by atoms with van der Waals surface area (Å²) in [5, 5.41) is 3.12. The van der Waals surface area contributed by atoms with Gasteiger partial charge in [-0.1, -0.05) is 12.8 Å². The first-order chi connectivity index (χ1) is 10.6. The number of nitrogens with zero attached hydrogens (tertiary/aromatic N) is 3. The lowest BCUT2D eigenvalue weighted by atomic mass is 9.96. The van der Waals surface area contributed by atoms with Crippen molar-refractivity contribution in [2.45, 2.75) is 51.5 Å². The van der Waals surface area contributed by atoms with Crippen molar-refractivity contribution in [1.29, 1.82) is 0 Å². The van der Waals surface area contributed by atoms with E-state index in [1.54, 1.807) is 10.9 Å². The molecule has 5 nitrogen and oxygen atoms in total. The molecule has 1 aromatic rings. The summed E-state index contributed by atoms with van der Waals surface area (Å²) in [4.78, 5) is 19.2. The fraction of sp³-hybridized carbons (Fsp3) is 0.765. The molecule has 1 aliphatic carbocycles. The van der Waals surface area contributed by atoms with Crippen LogP contribution < -0.4 is 5.32 Å². The van der Waals surface area contributed by atoms with Gasteiger partial charge in [0.2, 0.25) is 0 Å². The molecular formula is C17H28N4O. The molecule has 2 aliphatic rings. The number of piperidine rings is 1. The molecule has 1 saturated heterocycles. The number of carbonyl (C=O) groups excluding carboxylic acids is 1. The summed E-state index contributed by atoms with van der Waals surface area (Å²) in [6.45, 7) is 5.06. The molecule has 0 aromatic carbocycles. The van der Waals surface area contributed by atoms with E-state index < -0.39 is 0 Å². The van der Waals surface area contributed by atoms with Crippen molar-refractivity contribution in [1.82, 2.24) is 19.8 Å². The van der Waals surface area contributed by atoms with Crippen LogP contribution in [0.1, 0.15) is 54.7 Å². The maximum Gasteiger partial charge on any atom is 0.269 e. The van der Waals surface area contributed by atoms with Gasteiger partial charge < -0.3 is 14.8 Å². The zero-order valence-corrected chi connectivity index (χ0v) is 13.8. The van der Waals surface area contributed by atoms with Crippen LogP contribution in [0.25, 0.3) is 0 Å². The number of hydrogen-bond donors (Lipinski definition) is 1. The first kappa shape index (κ1) is 15.5. The van der Waals surface area contributed by atoms with Crippen molar-refractivity contribution in [2.24, 2.45) is 13.0 Å². The van der Waals surface area contributed by atoms with Crippen LogP contribution in [0, 0.1) is 12.8 Å². The third kappa shape index (κ3) is 3.35. The normalized spacial score (nSPS) is 23.8. The number of aromatic nitrogens is 2. The summed E-state index contributed by atoms with van der Waals surface area (Å²) >= 11 is 0. The van der Waals surface area contributed by atoms with Crippen LogP contribution >= 0.6 is 0 Å². The molecule has 2 heterocycles. The maximum absolute atomic E-state index is 12.3. The minimum Gasteiger partial charge on any atom is -0.350 e. The number of rotatable bonds is 4. The van der Waals surface area contributed by atoms with E-state index in [1.165, 1.54) is 45.1 Å². The van der Waals surface area contributed by atoms with Gasteiger partial charge in [-0.25, -0.2) is 4.98 Å². The van der Waals surface area contributed by atoms with Gasteiger partial charge in [0.05, 0.1) is 12.0 Å². The highest BCUT2D eigenvalue weighted by Gasteiger charge is 2.28. The molecule has 0 bridgehead atoms. The van der Waals surface area contributed by atoms with Gasteiger partial charge in [0.15, 0.2) is 0 Å². The van der Waals surface area contributed by atoms with Crippen molar-refractivity contribution < 1.29 is 4.79 Å². The molecule has 1 aliphatic heterocycles. The highest BCUT2D eigenvalue weighted by Crippen LogP contribution is 2.27. The Kier molecular flexibility index (Phi) is 4.81. The fourth-order valence-corrected chi connectivity index (χ4v) is 4.06. The Hall–Kier alpha value is -1.36. The summed E-state index contributed by atoms with van der Waals surface area (Å²) in [7, 11) is 1.87. The molecule has 122 valence electrons. The molecule has 1 aromatic heterocycles. The van der Waals surface area contributed by atoms with E-state index >= 15 is 0 Å². The van der Waals surface area contributed by atoms with E-state index in [-0.39, 0.29) is 5.91 Å². The molecule has 3 rings (SSSR count). The number of hydrogen-bond acceptors (Lipinski definition) is 3. The van der Waals surface area contributed by atoms with Gasteiger partial charge in [-0.2, -0.15) is 0 Å². The molecule has 0 unspecified atom stereocenters. The Morgan fingerprint density at radius 1 is 1.32 bits per heavy atom. The average Bonchev–Trinajstić information content (AvgIpc) is 3.16. The smallest absolute Gasteiger partial charge is 0.269 e. The predicted octanol–water partition coefficient (Wildman–Crippen LogP) is 2.11. The van der Waals surface area contributed by atoms with Crippen LogP contribution in [0.15, 0.2) is 6.33 Å². The second kappa shape index (κ2) is 6.82. The average molecular weight is 304 g/mol. The van der Waals surface area contributed by atoms with E-state index in [0.29, 0.717) is 11.6 Å². The van der Waals surface area contributed by atoms with Crippen LogP contribution in [0.3, 0.4) is 0 Å². The predicted molar refractivity (Wildman–Crippen MR) is 86.8 cm³/mol. The Morgan fingerprint density at radius 3 is 2.77 bits per heavy atom. The van der Waals surface area contributed by atoms with E-state index in [0.717, 1.165) is 24.8 Å². The molecule has 1 N–H and O–H groups in total. The van der Waals surface area contributed by atoms with Gasteiger partial charge in [-0.3, -0.25) is 4.79 Å². The van der Waals surface area contributed by atoms with Crippen molar-refractivity contribution in [3.63, 3.8) is 0 Å². The van der Waals surface area contributed by atoms with Gasteiger partial charge in [0.25, 0.3) is 5.91 Å². The summed E-state index contributed by atoms with van der Waals surface area (Å²) in [6, 6.07) is 0.804. The zero-order chi connectivity index (χ0) is 15.5. The number of likely N-dealkylation sites (tertiary alicyclic amines) is 1. The molecule has 1 saturated carbocycles. The first-order valence-corrected chi connectivity index (χ1v) is 8.65. The number of carbonyl (C=O) groups is 1. The molecular weight excluding hydrogens is 276 g/mol.